The molecule has 1 aliphatic rings. The highest BCUT2D eigenvalue weighted by atomic mass is 32.2. The molecule has 0 aliphatic carbocycles. The minimum absolute atomic E-state index is 0.0342. The number of rotatable bonds is 4. The highest BCUT2D eigenvalue weighted by Crippen LogP contribution is 2.37. The largest absolute Gasteiger partial charge is 0.507 e. The number of nitrogen functional groups attached to an aromatic ring is 1. The molecule has 1 heterocycles. The smallest absolute Gasteiger partial charge is 0.416 e. The Hall–Kier alpha value is -3.53. The molecule has 3 aromatic rings. The SMILES string of the molecule is N=C(N)c1ccc(S(=O)(=O)N2CCc3cc(-c4ccc(C(F)(F)F)cc4)ccc32)cc1O. The first-order valence-electron chi connectivity index (χ1n) is 9.49. The summed E-state index contributed by atoms with van der Waals surface area (Å²) in [5, 5.41) is 17.4. The fourth-order valence-corrected chi connectivity index (χ4v) is 5.20. The van der Waals surface area contributed by atoms with Gasteiger partial charge >= 0.3 is 6.18 Å². The Balaban J connectivity index is 1.65. The van der Waals surface area contributed by atoms with E-state index in [9.17, 15) is 26.7 Å². The first kappa shape index (κ1) is 21.7. The molecule has 0 radical (unpaired) electrons. The number of aromatic hydroxyl groups is 1. The maximum atomic E-state index is 13.1. The summed E-state index contributed by atoms with van der Waals surface area (Å²) < 4.78 is 65.9. The van der Waals surface area contributed by atoms with Gasteiger partial charge < -0.3 is 10.8 Å². The molecule has 4 rings (SSSR count). The second-order valence-corrected chi connectivity index (χ2v) is 9.20. The van der Waals surface area contributed by atoms with E-state index in [2.05, 4.69) is 0 Å². The Morgan fingerprint density at radius 2 is 1.66 bits per heavy atom. The lowest BCUT2D eigenvalue weighted by atomic mass is 10.0. The summed E-state index contributed by atoms with van der Waals surface area (Å²) in [7, 11) is -3.98. The van der Waals surface area contributed by atoms with Gasteiger partial charge in [-0.2, -0.15) is 13.2 Å². The minimum Gasteiger partial charge on any atom is -0.507 e. The topological polar surface area (TPSA) is 107 Å². The van der Waals surface area contributed by atoms with Crippen LogP contribution < -0.4 is 10.0 Å². The lowest BCUT2D eigenvalue weighted by Crippen LogP contribution is -2.29. The summed E-state index contributed by atoms with van der Waals surface area (Å²) in [6.45, 7) is 0.184. The fourth-order valence-electron chi connectivity index (χ4n) is 3.68. The molecule has 10 heteroatoms. The van der Waals surface area contributed by atoms with E-state index in [-0.39, 0.29) is 22.8 Å². The summed E-state index contributed by atoms with van der Waals surface area (Å²) in [5.74, 6) is -0.788. The van der Waals surface area contributed by atoms with E-state index in [0.717, 1.165) is 23.8 Å². The molecule has 166 valence electrons. The molecule has 0 aromatic heterocycles. The van der Waals surface area contributed by atoms with Crippen molar-refractivity contribution in [1.29, 1.82) is 5.41 Å². The number of fused-ring (bicyclic) bond motifs is 1. The van der Waals surface area contributed by atoms with Gasteiger partial charge in [-0.05, 0) is 59.5 Å². The standard InChI is InChI=1S/C22H18F3N3O3S/c23-22(24,25)16-4-1-13(2-5-16)14-3-8-19-15(11-14)9-10-28(19)32(30,31)17-6-7-18(21(26)27)20(29)12-17/h1-8,11-12,29H,9-10H2,(H3,26,27). The van der Waals surface area contributed by atoms with Crippen LogP contribution in [0.15, 0.2) is 65.6 Å². The molecular formula is C22H18F3N3O3S. The molecule has 1 aliphatic heterocycles. The molecule has 32 heavy (non-hydrogen) atoms. The quantitative estimate of drug-likeness (QED) is 0.401. The third-order valence-electron chi connectivity index (χ3n) is 5.33. The number of nitrogens with one attached hydrogen (secondary N) is 1. The summed E-state index contributed by atoms with van der Waals surface area (Å²) in [4.78, 5) is -0.139. The Morgan fingerprint density at radius 1 is 1.00 bits per heavy atom. The first-order valence-corrected chi connectivity index (χ1v) is 10.9. The van der Waals surface area contributed by atoms with E-state index in [1.165, 1.54) is 28.6 Å². The van der Waals surface area contributed by atoms with Crippen LogP contribution >= 0.6 is 0 Å². The van der Waals surface area contributed by atoms with Gasteiger partial charge in [0, 0.05) is 12.6 Å². The maximum absolute atomic E-state index is 13.1. The zero-order valence-corrected chi connectivity index (χ0v) is 17.3. The van der Waals surface area contributed by atoms with Gasteiger partial charge in [0.2, 0.25) is 0 Å². The molecule has 0 atom stereocenters. The number of alkyl halides is 3. The van der Waals surface area contributed by atoms with Crippen LogP contribution in [0.25, 0.3) is 11.1 Å². The van der Waals surface area contributed by atoms with Crippen molar-refractivity contribution in [1.82, 2.24) is 0 Å². The molecule has 6 nitrogen and oxygen atoms in total. The van der Waals surface area contributed by atoms with Gasteiger partial charge in [0.05, 0.1) is 21.7 Å². The van der Waals surface area contributed by atoms with E-state index in [1.54, 1.807) is 18.2 Å². The predicted octanol–water partition coefficient (Wildman–Crippen LogP) is 4.11. The van der Waals surface area contributed by atoms with Crippen molar-refractivity contribution in [2.24, 2.45) is 5.73 Å². The Kier molecular flexibility index (Phi) is 5.12. The van der Waals surface area contributed by atoms with Gasteiger partial charge in [0.25, 0.3) is 10.0 Å². The predicted molar refractivity (Wildman–Crippen MR) is 114 cm³/mol. The molecule has 0 amide bonds. The maximum Gasteiger partial charge on any atom is 0.416 e. The molecule has 0 fully saturated rings. The number of phenols is 1. The monoisotopic (exact) mass is 461 g/mol. The Bertz CT molecular complexity index is 1320. The lowest BCUT2D eigenvalue weighted by Gasteiger charge is -2.20. The first-order chi connectivity index (χ1) is 15.0. The fraction of sp³-hybridized carbons (Fsp3) is 0.136. The van der Waals surface area contributed by atoms with Crippen LogP contribution in [0.3, 0.4) is 0 Å². The van der Waals surface area contributed by atoms with Crippen molar-refractivity contribution >= 4 is 21.5 Å². The molecule has 0 unspecified atom stereocenters. The molecule has 0 saturated carbocycles. The highest BCUT2D eigenvalue weighted by molar-refractivity contribution is 7.92. The average Bonchev–Trinajstić information content (AvgIpc) is 3.17. The summed E-state index contributed by atoms with van der Waals surface area (Å²) in [5.41, 5.74) is 7.14. The van der Waals surface area contributed by atoms with Gasteiger partial charge in [0.1, 0.15) is 11.6 Å². The third-order valence-corrected chi connectivity index (χ3v) is 7.13. The number of hydrogen-bond donors (Lipinski definition) is 3. The molecule has 0 spiro atoms. The van der Waals surface area contributed by atoms with Gasteiger partial charge in [-0.25, -0.2) is 8.42 Å². The summed E-state index contributed by atoms with van der Waals surface area (Å²) in [6.07, 6.45) is -3.98. The van der Waals surface area contributed by atoms with Gasteiger partial charge in [-0.1, -0.05) is 18.2 Å². The number of benzene rings is 3. The number of anilines is 1. The van der Waals surface area contributed by atoms with Crippen LogP contribution in [0.1, 0.15) is 16.7 Å². The number of phenolic OH excluding ortho intramolecular Hbond substituents is 1. The Morgan fingerprint density at radius 3 is 2.25 bits per heavy atom. The van der Waals surface area contributed by atoms with Crippen molar-refractivity contribution in [3.8, 4) is 16.9 Å². The van der Waals surface area contributed by atoms with Gasteiger partial charge in [0.15, 0.2) is 0 Å². The molecule has 0 saturated heterocycles. The van der Waals surface area contributed by atoms with E-state index < -0.39 is 27.5 Å². The number of hydrogen-bond acceptors (Lipinski definition) is 4. The zero-order valence-electron chi connectivity index (χ0n) is 16.5. The number of nitrogens with zero attached hydrogens (tertiary/aromatic N) is 1. The van der Waals surface area contributed by atoms with Crippen molar-refractivity contribution in [2.75, 3.05) is 10.8 Å². The van der Waals surface area contributed by atoms with E-state index >= 15 is 0 Å². The third kappa shape index (κ3) is 3.77. The van der Waals surface area contributed by atoms with E-state index in [0.29, 0.717) is 23.2 Å². The van der Waals surface area contributed by atoms with Gasteiger partial charge in [-0.15, -0.1) is 0 Å². The zero-order chi connectivity index (χ0) is 23.3. The van der Waals surface area contributed by atoms with E-state index in [4.69, 9.17) is 11.1 Å². The number of amidine groups is 1. The van der Waals surface area contributed by atoms with Crippen LogP contribution in [-0.4, -0.2) is 25.9 Å². The van der Waals surface area contributed by atoms with Crippen LogP contribution in [-0.2, 0) is 22.6 Å². The number of nitrogens with two attached hydrogens (primary N) is 1. The molecule has 0 bridgehead atoms. The van der Waals surface area contributed by atoms with Crippen LogP contribution in [0.5, 0.6) is 5.75 Å². The van der Waals surface area contributed by atoms with E-state index in [1.807, 2.05) is 0 Å². The normalized spacial score (nSPS) is 13.8. The molecular weight excluding hydrogens is 443 g/mol. The second kappa shape index (κ2) is 7.56. The van der Waals surface area contributed by atoms with Crippen LogP contribution in [0.4, 0.5) is 18.9 Å². The van der Waals surface area contributed by atoms with Crippen molar-refractivity contribution in [2.45, 2.75) is 17.5 Å². The van der Waals surface area contributed by atoms with Crippen molar-refractivity contribution in [3.05, 3.63) is 77.4 Å². The second-order valence-electron chi connectivity index (χ2n) is 7.34. The Labute approximate surface area is 182 Å². The number of sulfonamides is 1. The number of halogens is 3. The lowest BCUT2D eigenvalue weighted by molar-refractivity contribution is -0.137. The van der Waals surface area contributed by atoms with Crippen molar-refractivity contribution < 1.29 is 26.7 Å². The summed E-state index contributed by atoms with van der Waals surface area (Å²) in [6, 6.07) is 13.4. The molecule has 4 N–H and O–H groups in total. The molecule has 3 aromatic carbocycles. The average molecular weight is 461 g/mol. The highest BCUT2D eigenvalue weighted by Gasteiger charge is 2.32. The van der Waals surface area contributed by atoms with Crippen LogP contribution in [0.2, 0.25) is 0 Å². The van der Waals surface area contributed by atoms with Crippen LogP contribution in [0, 0.1) is 5.41 Å². The van der Waals surface area contributed by atoms with Gasteiger partial charge in [-0.3, -0.25) is 9.71 Å². The minimum atomic E-state index is -4.41. The summed E-state index contributed by atoms with van der Waals surface area (Å²) >= 11 is 0. The van der Waals surface area contributed by atoms with Crippen molar-refractivity contribution in [3.63, 3.8) is 0 Å².